The first-order chi connectivity index (χ1) is 18.3. The molecule has 5 rings (SSSR count). The van der Waals surface area contributed by atoms with Gasteiger partial charge in [-0.05, 0) is 49.9 Å². The van der Waals surface area contributed by atoms with Crippen molar-refractivity contribution in [2.75, 3.05) is 59.5 Å². The summed E-state index contributed by atoms with van der Waals surface area (Å²) in [5.74, 6) is 0.508. The Balaban J connectivity index is 1.32. The van der Waals surface area contributed by atoms with E-state index in [2.05, 4.69) is 22.1 Å². The highest BCUT2D eigenvalue weighted by Crippen LogP contribution is 2.27. The summed E-state index contributed by atoms with van der Waals surface area (Å²) >= 11 is 6.18. The molecule has 202 valence electrons. The van der Waals surface area contributed by atoms with Gasteiger partial charge in [0.15, 0.2) is 0 Å². The molecule has 38 heavy (non-hydrogen) atoms. The number of benzene rings is 2. The van der Waals surface area contributed by atoms with Crippen LogP contribution in [0.4, 0.5) is 0 Å². The van der Waals surface area contributed by atoms with Crippen molar-refractivity contribution in [2.24, 2.45) is 0 Å². The zero-order valence-electron chi connectivity index (χ0n) is 21.8. The Morgan fingerprint density at radius 2 is 1.71 bits per heavy atom. The van der Waals surface area contributed by atoms with Crippen LogP contribution in [0.1, 0.15) is 12.0 Å². The molecular formula is C27H33ClN6O4. The average Bonchev–Trinajstić information content (AvgIpc) is 3.32. The molecular weight excluding hydrogens is 508 g/mol. The van der Waals surface area contributed by atoms with Crippen LogP contribution in [0, 0.1) is 6.92 Å². The molecule has 10 nitrogen and oxygen atoms in total. The van der Waals surface area contributed by atoms with Gasteiger partial charge in [-0.2, -0.15) is 15.0 Å². The van der Waals surface area contributed by atoms with Crippen molar-refractivity contribution in [3.05, 3.63) is 53.1 Å². The first-order valence-corrected chi connectivity index (χ1v) is 13.2. The Morgan fingerprint density at radius 3 is 2.39 bits per heavy atom. The van der Waals surface area contributed by atoms with Gasteiger partial charge in [0.05, 0.1) is 19.6 Å². The van der Waals surface area contributed by atoms with Gasteiger partial charge in [0, 0.05) is 37.7 Å². The zero-order valence-corrected chi connectivity index (χ0v) is 22.6. The largest absolute Gasteiger partial charge is 0.490 e. The summed E-state index contributed by atoms with van der Waals surface area (Å²) < 4.78 is 12.4. The Morgan fingerprint density at radius 1 is 1.00 bits per heavy atom. The molecule has 2 aliphatic heterocycles. The monoisotopic (exact) mass is 540 g/mol. The molecule has 3 heterocycles. The fraction of sp³-hybridized carbons (Fsp3) is 0.481. The summed E-state index contributed by atoms with van der Waals surface area (Å²) in [6, 6.07) is 12.9. The van der Waals surface area contributed by atoms with E-state index in [1.807, 2.05) is 42.2 Å². The molecule has 0 unspecified atom stereocenters. The molecule has 2 saturated heterocycles. The smallest absolute Gasteiger partial charge is 0.246 e. The van der Waals surface area contributed by atoms with Crippen molar-refractivity contribution >= 4 is 34.4 Å². The van der Waals surface area contributed by atoms with Crippen LogP contribution in [-0.4, -0.2) is 107 Å². The maximum Gasteiger partial charge on any atom is 0.246 e. The number of aryl methyl sites for hydroxylation is 1. The van der Waals surface area contributed by atoms with E-state index in [1.54, 1.807) is 17.0 Å². The van der Waals surface area contributed by atoms with Crippen molar-refractivity contribution in [2.45, 2.75) is 25.5 Å². The number of fused-ring (bicyclic) bond motifs is 1. The van der Waals surface area contributed by atoms with Crippen LogP contribution in [0.25, 0.3) is 11.0 Å². The third-order valence-electron chi connectivity index (χ3n) is 7.17. The number of halogens is 1. The van der Waals surface area contributed by atoms with Crippen LogP contribution < -0.4 is 4.74 Å². The van der Waals surface area contributed by atoms with E-state index >= 15 is 0 Å². The Bertz CT molecular complexity index is 1270. The van der Waals surface area contributed by atoms with E-state index in [-0.39, 0.29) is 37.9 Å². The number of carbonyl (C=O) groups excluding carboxylic acids is 2. The molecule has 2 aliphatic rings. The van der Waals surface area contributed by atoms with Gasteiger partial charge in [-0.1, -0.05) is 23.7 Å². The van der Waals surface area contributed by atoms with Gasteiger partial charge >= 0.3 is 0 Å². The van der Waals surface area contributed by atoms with Crippen LogP contribution in [0.15, 0.2) is 42.5 Å². The highest BCUT2D eigenvalue weighted by atomic mass is 35.5. The second kappa shape index (κ2) is 11.3. The summed E-state index contributed by atoms with van der Waals surface area (Å²) in [6.07, 6.45) is 0.122. The number of hydrogen-bond acceptors (Lipinski definition) is 7. The highest BCUT2D eigenvalue weighted by Gasteiger charge is 2.42. The summed E-state index contributed by atoms with van der Waals surface area (Å²) in [7, 11) is 2.05. The number of aromatic nitrogens is 3. The number of piperazine rings is 1. The summed E-state index contributed by atoms with van der Waals surface area (Å²) in [4.78, 5) is 33.9. The highest BCUT2D eigenvalue weighted by molar-refractivity contribution is 6.31. The number of carbonyl (C=O) groups is 2. The number of morpholine rings is 1. The molecule has 0 spiro atoms. The molecule has 0 N–H and O–H groups in total. The zero-order chi connectivity index (χ0) is 26.7. The van der Waals surface area contributed by atoms with Crippen LogP contribution in [-0.2, 0) is 20.9 Å². The molecule has 0 radical (unpaired) electrons. The van der Waals surface area contributed by atoms with Crippen molar-refractivity contribution in [3.8, 4) is 5.75 Å². The predicted molar refractivity (Wildman–Crippen MR) is 143 cm³/mol. The maximum atomic E-state index is 13.4. The average molecular weight is 541 g/mol. The molecule has 11 heteroatoms. The van der Waals surface area contributed by atoms with Crippen molar-refractivity contribution in [1.29, 1.82) is 0 Å². The third-order valence-corrected chi connectivity index (χ3v) is 7.59. The standard InChI is InChI=1S/C27H33ClN6O4/c1-20-15-21(7-8-22(20)28)37-19-27(16-25(35)32-11-9-31(2)10-12-32)18-33(13-14-38-27)26(36)17-34-29-23-5-3-4-6-24(23)30-34/h3-8,15H,9-14,16-19H2,1-2H3/t27-/m0/s1. The van der Waals surface area contributed by atoms with Gasteiger partial charge < -0.3 is 24.2 Å². The first-order valence-electron chi connectivity index (χ1n) is 12.9. The molecule has 2 amide bonds. The fourth-order valence-electron chi connectivity index (χ4n) is 4.86. The van der Waals surface area contributed by atoms with Gasteiger partial charge in [0.1, 0.15) is 35.5 Å². The predicted octanol–water partition coefficient (Wildman–Crippen LogP) is 2.23. The molecule has 1 atom stereocenters. The van der Waals surface area contributed by atoms with Crippen molar-refractivity contribution < 1.29 is 19.1 Å². The minimum absolute atomic E-state index is 0.00304. The fourth-order valence-corrected chi connectivity index (χ4v) is 4.98. The van der Waals surface area contributed by atoms with Gasteiger partial charge in [0.2, 0.25) is 11.8 Å². The van der Waals surface area contributed by atoms with Crippen LogP contribution >= 0.6 is 11.6 Å². The number of ether oxygens (including phenoxy) is 2. The molecule has 1 aromatic heterocycles. The van der Waals surface area contributed by atoms with E-state index in [0.717, 1.165) is 29.7 Å². The maximum absolute atomic E-state index is 13.4. The normalized spacial score (nSPS) is 20.6. The van der Waals surface area contributed by atoms with Crippen LogP contribution in [0.2, 0.25) is 5.02 Å². The van der Waals surface area contributed by atoms with E-state index in [9.17, 15) is 9.59 Å². The molecule has 3 aromatic rings. The first kappa shape index (κ1) is 26.4. The number of amides is 2. The van der Waals surface area contributed by atoms with Gasteiger partial charge in [-0.15, -0.1) is 0 Å². The Kier molecular flexibility index (Phi) is 7.83. The summed E-state index contributed by atoms with van der Waals surface area (Å²) in [5, 5.41) is 9.49. The van der Waals surface area contributed by atoms with E-state index in [0.29, 0.717) is 37.0 Å². The minimum atomic E-state index is -0.982. The SMILES string of the molecule is Cc1cc(OC[C@]2(CC(=O)N3CCN(C)CC3)CN(C(=O)Cn3nc4ccccc4n3)CCO2)ccc1Cl. The lowest BCUT2D eigenvalue weighted by Crippen LogP contribution is -2.59. The number of hydrogen-bond donors (Lipinski definition) is 0. The van der Waals surface area contributed by atoms with E-state index < -0.39 is 5.60 Å². The number of likely N-dealkylation sites (N-methyl/N-ethyl adjacent to an activating group) is 1. The van der Waals surface area contributed by atoms with Crippen molar-refractivity contribution in [3.63, 3.8) is 0 Å². The van der Waals surface area contributed by atoms with Gasteiger partial charge in [-0.3, -0.25) is 9.59 Å². The van der Waals surface area contributed by atoms with Gasteiger partial charge in [0.25, 0.3) is 0 Å². The van der Waals surface area contributed by atoms with E-state index in [1.165, 1.54) is 4.80 Å². The number of nitrogens with zero attached hydrogens (tertiary/aromatic N) is 6. The lowest BCUT2D eigenvalue weighted by atomic mass is 9.96. The Hall–Kier alpha value is -3.21. The lowest BCUT2D eigenvalue weighted by Gasteiger charge is -2.43. The molecule has 0 aliphatic carbocycles. The van der Waals surface area contributed by atoms with Gasteiger partial charge in [-0.25, -0.2) is 0 Å². The molecule has 0 bridgehead atoms. The van der Waals surface area contributed by atoms with Crippen LogP contribution in [0.3, 0.4) is 0 Å². The summed E-state index contributed by atoms with van der Waals surface area (Å²) in [6.45, 7) is 6.00. The minimum Gasteiger partial charge on any atom is -0.490 e. The second-order valence-corrected chi connectivity index (χ2v) is 10.5. The van der Waals surface area contributed by atoms with E-state index in [4.69, 9.17) is 21.1 Å². The van der Waals surface area contributed by atoms with Crippen molar-refractivity contribution in [1.82, 2.24) is 29.7 Å². The topological polar surface area (TPSA) is 93.0 Å². The number of rotatable bonds is 7. The quantitative estimate of drug-likeness (QED) is 0.454. The summed E-state index contributed by atoms with van der Waals surface area (Å²) in [5.41, 5.74) is 1.39. The third kappa shape index (κ3) is 6.09. The second-order valence-electron chi connectivity index (χ2n) is 10.1. The lowest BCUT2D eigenvalue weighted by molar-refractivity contribution is -0.167. The Labute approximate surface area is 227 Å². The van der Waals surface area contributed by atoms with Crippen LogP contribution in [0.5, 0.6) is 5.75 Å². The molecule has 2 fully saturated rings. The molecule has 0 saturated carbocycles. The molecule has 2 aromatic carbocycles.